The lowest BCUT2D eigenvalue weighted by molar-refractivity contribution is -0.135. The normalized spacial score (nSPS) is 24.4. The summed E-state index contributed by atoms with van der Waals surface area (Å²) < 4.78 is 0. The highest BCUT2D eigenvalue weighted by Gasteiger charge is 2.23. The van der Waals surface area contributed by atoms with Gasteiger partial charge in [-0.25, -0.2) is 0 Å². The van der Waals surface area contributed by atoms with Gasteiger partial charge in [0.25, 0.3) is 0 Å². The van der Waals surface area contributed by atoms with E-state index in [1.54, 1.807) is 11.9 Å². The molecule has 0 spiro atoms. The summed E-state index contributed by atoms with van der Waals surface area (Å²) in [5, 5.41) is 8.70. The van der Waals surface area contributed by atoms with Gasteiger partial charge in [-0.05, 0) is 26.4 Å². The third kappa shape index (κ3) is 2.67. The molecule has 13 heavy (non-hydrogen) atoms. The van der Waals surface area contributed by atoms with Crippen LogP contribution in [0.1, 0.15) is 12.8 Å². The van der Waals surface area contributed by atoms with Crippen LogP contribution in [0.4, 0.5) is 0 Å². The van der Waals surface area contributed by atoms with Gasteiger partial charge in [0.15, 0.2) is 0 Å². The quantitative estimate of drug-likeness (QED) is 0.634. The molecule has 1 amide bonds. The summed E-state index contributed by atoms with van der Waals surface area (Å²) in [6.07, 6.45) is 2.18. The van der Waals surface area contributed by atoms with Crippen LogP contribution in [0, 0.1) is 0 Å². The van der Waals surface area contributed by atoms with E-state index in [1.165, 1.54) is 0 Å². The minimum absolute atomic E-state index is 0.180. The number of amides is 1. The summed E-state index contributed by atoms with van der Waals surface area (Å²) in [5.74, 6) is -0.180. The standard InChI is InChI=1S/C9H18N2O2/c1-10-5-3-4-8(6-10)11(2)9(13)7-12/h8,12H,3-7H2,1-2H3. The van der Waals surface area contributed by atoms with E-state index >= 15 is 0 Å². The Balaban J connectivity index is 2.45. The lowest BCUT2D eigenvalue weighted by Gasteiger charge is -2.35. The van der Waals surface area contributed by atoms with E-state index in [-0.39, 0.29) is 18.6 Å². The molecule has 1 fully saturated rings. The zero-order chi connectivity index (χ0) is 9.84. The summed E-state index contributed by atoms with van der Waals surface area (Å²) in [4.78, 5) is 15.1. The van der Waals surface area contributed by atoms with Crippen molar-refractivity contribution in [1.29, 1.82) is 0 Å². The van der Waals surface area contributed by atoms with Crippen LogP contribution in [0.5, 0.6) is 0 Å². The Morgan fingerprint density at radius 2 is 2.38 bits per heavy atom. The molecule has 1 atom stereocenters. The topological polar surface area (TPSA) is 43.8 Å². The molecule has 0 radical (unpaired) electrons. The average Bonchev–Trinajstić information content (AvgIpc) is 2.15. The van der Waals surface area contributed by atoms with E-state index in [1.807, 2.05) is 0 Å². The maximum atomic E-state index is 11.2. The number of rotatable bonds is 2. The minimum Gasteiger partial charge on any atom is -0.387 e. The number of nitrogens with zero attached hydrogens (tertiary/aromatic N) is 2. The summed E-state index contributed by atoms with van der Waals surface area (Å²) in [5.41, 5.74) is 0. The number of hydrogen-bond donors (Lipinski definition) is 1. The Morgan fingerprint density at radius 1 is 1.69 bits per heavy atom. The van der Waals surface area contributed by atoms with Crippen molar-refractivity contribution in [2.45, 2.75) is 18.9 Å². The molecular formula is C9H18N2O2. The van der Waals surface area contributed by atoms with E-state index in [4.69, 9.17) is 5.11 Å². The predicted molar refractivity (Wildman–Crippen MR) is 50.4 cm³/mol. The first-order valence-electron chi connectivity index (χ1n) is 4.70. The highest BCUT2D eigenvalue weighted by Crippen LogP contribution is 2.13. The summed E-state index contributed by atoms with van der Waals surface area (Å²) in [6, 6.07) is 0.276. The van der Waals surface area contributed by atoms with Crippen molar-refractivity contribution in [2.75, 3.05) is 33.8 Å². The summed E-state index contributed by atoms with van der Waals surface area (Å²) >= 11 is 0. The average molecular weight is 186 g/mol. The molecule has 0 aromatic rings. The van der Waals surface area contributed by atoms with Crippen LogP contribution < -0.4 is 0 Å². The molecule has 0 saturated carbocycles. The number of aliphatic hydroxyl groups is 1. The molecule has 1 unspecified atom stereocenters. The van der Waals surface area contributed by atoms with Crippen molar-refractivity contribution in [1.82, 2.24) is 9.80 Å². The molecule has 0 bridgehead atoms. The van der Waals surface area contributed by atoms with Gasteiger partial charge in [-0.1, -0.05) is 0 Å². The number of aliphatic hydroxyl groups excluding tert-OH is 1. The molecule has 1 rings (SSSR count). The molecule has 1 aliphatic heterocycles. The van der Waals surface area contributed by atoms with E-state index < -0.39 is 0 Å². The second-order valence-corrected chi connectivity index (χ2v) is 3.72. The summed E-state index contributed by atoms with van der Waals surface area (Å²) in [7, 11) is 3.83. The van der Waals surface area contributed by atoms with Gasteiger partial charge in [0.2, 0.25) is 5.91 Å². The number of carbonyl (C=O) groups excluding carboxylic acids is 1. The van der Waals surface area contributed by atoms with Crippen LogP contribution in [0.3, 0.4) is 0 Å². The maximum absolute atomic E-state index is 11.2. The number of likely N-dealkylation sites (tertiary alicyclic amines) is 1. The molecule has 4 heteroatoms. The molecule has 0 aromatic heterocycles. The predicted octanol–water partition coefficient (Wildman–Crippen LogP) is -0.469. The fourth-order valence-electron chi connectivity index (χ4n) is 1.77. The molecule has 76 valence electrons. The first kappa shape index (κ1) is 10.5. The van der Waals surface area contributed by atoms with Gasteiger partial charge in [-0.3, -0.25) is 4.79 Å². The molecule has 1 aliphatic rings. The molecule has 1 saturated heterocycles. The Labute approximate surface area is 79.1 Å². The van der Waals surface area contributed by atoms with Gasteiger partial charge in [0, 0.05) is 19.6 Å². The first-order chi connectivity index (χ1) is 6.15. The Morgan fingerprint density at radius 3 is 2.92 bits per heavy atom. The maximum Gasteiger partial charge on any atom is 0.248 e. The summed E-state index contributed by atoms with van der Waals surface area (Å²) in [6.45, 7) is 1.65. The lowest BCUT2D eigenvalue weighted by atomic mass is 10.1. The zero-order valence-electron chi connectivity index (χ0n) is 8.36. The smallest absolute Gasteiger partial charge is 0.248 e. The van der Waals surface area contributed by atoms with Crippen LogP contribution in [-0.2, 0) is 4.79 Å². The van der Waals surface area contributed by atoms with Crippen LogP contribution in [0.2, 0.25) is 0 Å². The van der Waals surface area contributed by atoms with Gasteiger partial charge in [-0.15, -0.1) is 0 Å². The van der Waals surface area contributed by atoms with Crippen molar-refractivity contribution in [2.24, 2.45) is 0 Å². The van der Waals surface area contributed by atoms with Gasteiger partial charge >= 0.3 is 0 Å². The third-order valence-electron chi connectivity index (χ3n) is 2.68. The largest absolute Gasteiger partial charge is 0.387 e. The van der Waals surface area contributed by atoms with Crippen LogP contribution in [-0.4, -0.2) is 60.6 Å². The Hall–Kier alpha value is -0.610. The molecule has 1 N–H and O–H groups in total. The van der Waals surface area contributed by atoms with Crippen molar-refractivity contribution in [3.8, 4) is 0 Å². The van der Waals surface area contributed by atoms with Crippen molar-refractivity contribution in [3.05, 3.63) is 0 Å². The third-order valence-corrected chi connectivity index (χ3v) is 2.68. The highest BCUT2D eigenvalue weighted by molar-refractivity contribution is 5.77. The second kappa shape index (κ2) is 4.58. The SMILES string of the molecule is CN1CCCC(N(C)C(=O)CO)C1. The van der Waals surface area contributed by atoms with Gasteiger partial charge in [0.05, 0.1) is 0 Å². The van der Waals surface area contributed by atoms with Crippen LogP contribution >= 0.6 is 0 Å². The highest BCUT2D eigenvalue weighted by atomic mass is 16.3. The van der Waals surface area contributed by atoms with E-state index in [0.29, 0.717) is 0 Å². The van der Waals surface area contributed by atoms with Gasteiger partial charge < -0.3 is 14.9 Å². The van der Waals surface area contributed by atoms with E-state index in [9.17, 15) is 4.79 Å². The minimum atomic E-state index is -0.378. The Kier molecular flexibility index (Phi) is 3.69. The van der Waals surface area contributed by atoms with E-state index in [2.05, 4.69) is 11.9 Å². The van der Waals surface area contributed by atoms with Crippen molar-refractivity contribution < 1.29 is 9.90 Å². The number of piperidine rings is 1. The first-order valence-corrected chi connectivity index (χ1v) is 4.70. The number of hydrogen-bond acceptors (Lipinski definition) is 3. The zero-order valence-corrected chi connectivity index (χ0v) is 8.36. The fourth-order valence-corrected chi connectivity index (χ4v) is 1.77. The van der Waals surface area contributed by atoms with Crippen molar-refractivity contribution >= 4 is 5.91 Å². The van der Waals surface area contributed by atoms with Crippen LogP contribution in [0.15, 0.2) is 0 Å². The number of likely N-dealkylation sites (N-methyl/N-ethyl adjacent to an activating group) is 2. The number of carbonyl (C=O) groups is 1. The molecule has 0 aliphatic carbocycles. The second-order valence-electron chi connectivity index (χ2n) is 3.72. The van der Waals surface area contributed by atoms with Crippen molar-refractivity contribution in [3.63, 3.8) is 0 Å². The van der Waals surface area contributed by atoms with Gasteiger partial charge in [0.1, 0.15) is 6.61 Å². The lowest BCUT2D eigenvalue weighted by Crippen LogP contribution is -2.48. The van der Waals surface area contributed by atoms with E-state index in [0.717, 1.165) is 25.9 Å². The monoisotopic (exact) mass is 186 g/mol. The van der Waals surface area contributed by atoms with Gasteiger partial charge in [-0.2, -0.15) is 0 Å². The molecule has 4 nitrogen and oxygen atoms in total. The molecule has 0 aromatic carbocycles. The Bertz CT molecular complexity index is 184. The fraction of sp³-hybridized carbons (Fsp3) is 0.889. The van der Waals surface area contributed by atoms with Crippen LogP contribution in [0.25, 0.3) is 0 Å². The molecule has 1 heterocycles. The molecular weight excluding hydrogens is 168 g/mol.